The number of benzene rings is 1. The van der Waals surface area contributed by atoms with E-state index in [1.807, 2.05) is 12.1 Å². The number of hydrogen-bond donors (Lipinski definition) is 0. The minimum atomic E-state index is -0.449. The van der Waals surface area contributed by atoms with E-state index in [1.165, 1.54) is 0 Å². The van der Waals surface area contributed by atoms with Crippen LogP contribution in [-0.4, -0.2) is 23.3 Å². The molecule has 0 unspecified atom stereocenters. The van der Waals surface area contributed by atoms with E-state index in [1.54, 1.807) is 12.1 Å². The van der Waals surface area contributed by atoms with Crippen LogP contribution in [0, 0.1) is 10.1 Å². The van der Waals surface area contributed by atoms with Gasteiger partial charge >= 0.3 is 0 Å². The molecule has 0 radical (unpaired) electrons. The van der Waals surface area contributed by atoms with Crippen LogP contribution in [0.2, 0.25) is 0 Å². The number of hydrazine groups is 1. The summed E-state index contributed by atoms with van der Waals surface area (Å²) >= 11 is 11.2. The predicted octanol–water partition coefficient (Wildman–Crippen LogP) is 2.70. The lowest BCUT2D eigenvalue weighted by molar-refractivity contribution is -0.494. The average Bonchev–Trinajstić information content (AvgIpc) is 2.27. The molecule has 0 fully saturated rings. The van der Waals surface area contributed by atoms with Gasteiger partial charge in [-0.15, -0.1) is 23.2 Å². The number of nitrogens with zero attached hydrogens (tertiary/aromatic N) is 2. The molecule has 0 saturated heterocycles. The van der Waals surface area contributed by atoms with Crippen LogP contribution >= 0.6 is 23.2 Å². The summed E-state index contributed by atoms with van der Waals surface area (Å²) in [6, 6.07) is 7.14. The average molecular weight is 263 g/mol. The molecule has 1 rings (SSSR count). The Bertz CT molecular complexity index is 360. The van der Waals surface area contributed by atoms with Crippen LogP contribution < -0.4 is 5.01 Å². The van der Waals surface area contributed by atoms with Crippen LogP contribution in [0.5, 0.6) is 0 Å². The number of hydrogen-bond acceptors (Lipinski definition) is 2. The highest BCUT2D eigenvalue weighted by molar-refractivity contribution is 6.18. The Morgan fingerprint density at radius 1 is 1.25 bits per heavy atom. The fourth-order valence-electron chi connectivity index (χ4n) is 1.45. The van der Waals surface area contributed by atoms with Crippen molar-refractivity contribution in [2.75, 3.05) is 23.3 Å². The summed E-state index contributed by atoms with van der Waals surface area (Å²) in [6.45, 7) is 0.174. The van der Waals surface area contributed by atoms with Crippen molar-refractivity contribution in [3.05, 3.63) is 39.9 Å². The summed E-state index contributed by atoms with van der Waals surface area (Å²) in [7, 11) is 0. The molecular weight excluding hydrogens is 251 g/mol. The molecule has 0 heterocycles. The third-order valence-corrected chi connectivity index (χ3v) is 2.48. The van der Waals surface area contributed by atoms with Crippen molar-refractivity contribution in [2.24, 2.45) is 0 Å². The van der Waals surface area contributed by atoms with Gasteiger partial charge in [-0.2, -0.15) is 0 Å². The van der Waals surface area contributed by atoms with Crippen LogP contribution in [0.3, 0.4) is 0 Å². The van der Waals surface area contributed by atoms with Crippen LogP contribution in [0.4, 0.5) is 5.69 Å². The molecule has 0 N–H and O–H groups in total. The number of aryl methyl sites for hydroxylation is 1. The lowest BCUT2D eigenvalue weighted by atomic mass is 10.1. The summed E-state index contributed by atoms with van der Waals surface area (Å²) < 4.78 is 0. The van der Waals surface area contributed by atoms with Gasteiger partial charge in [-0.1, -0.05) is 23.2 Å². The second-order valence-corrected chi connectivity index (χ2v) is 3.87. The van der Waals surface area contributed by atoms with E-state index in [4.69, 9.17) is 23.2 Å². The van der Waals surface area contributed by atoms with E-state index in [0.717, 1.165) is 10.6 Å². The van der Waals surface area contributed by atoms with E-state index >= 15 is 0 Å². The zero-order valence-electron chi connectivity index (χ0n) is 8.60. The number of anilines is 1. The van der Waals surface area contributed by atoms with Gasteiger partial charge in [0.15, 0.2) is 5.03 Å². The Morgan fingerprint density at radius 2 is 1.94 bits per heavy atom. The van der Waals surface area contributed by atoms with Crippen molar-refractivity contribution in [3.8, 4) is 0 Å². The van der Waals surface area contributed by atoms with Crippen molar-refractivity contribution in [3.63, 3.8) is 0 Å². The van der Waals surface area contributed by atoms with Crippen molar-refractivity contribution in [1.82, 2.24) is 0 Å². The van der Waals surface area contributed by atoms with E-state index < -0.39 is 5.03 Å². The monoisotopic (exact) mass is 262 g/mol. The number of para-hydroxylation sites is 1. The number of nitro groups is 1. The Hall–Kier alpha value is -1.00. The Labute approximate surface area is 104 Å². The maximum Gasteiger partial charge on any atom is 0.165 e. The van der Waals surface area contributed by atoms with Gasteiger partial charge in [0.2, 0.25) is 0 Å². The molecule has 0 aromatic heterocycles. The van der Waals surface area contributed by atoms with Crippen molar-refractivity contribution < 1.29 is 5.03 Å². The summed E-state index contributed by atoms with van der Waals surface area (Å²) in [6.07, 6.45) is 0.602. The van der Waals surface area contributed by atoms with Crippen LogP contribution in [0.15, 0.2) is 24.3 Å². The highest BCUT2D eigenvalue weighted by atomic mass is 35.5. The van der Waals surface area contributed by atoms with Crippen LogP contribution in [0.1, 0.15) is 5.56 Å². The highest BCUT2D eigenvalue weighted by Gasteiger charge is 2.19. The van der Waals surface area contributed by atoms with E-state index in [2.05, 4.69) is 0 Å². The van der Waals surface area contributed by atoms with E-state index in [-0.39, 0.29) is 12.4 Å². The lowest BCUT2D eigenvalue weighted by Gasteiger charge is -2.16. The van der Waals surface area contributed by atoms with Gasteiger partial charge in [0.05, 0.1) is 6.54 Å². The first-order valence-electron chi connectivity index (χ1n) is 4.82. The molecule has 0 saturated carbocycles. The lowest BCUT2D eigenvalue weighted by Crippen LogP contribution is -2.32. The van der Waals surface area contributed by atoms with Crippen molar-refractivity contribution in [1.29, 1.82) is 0 Å². The number of halogens is 2. The van der Waals surface area contributed by atoms with Crippen LogP contribution in [-0.2, 0) is 6.42 Å². The number of alkyl halides is 2. The summed E-state index contributed by atoms with van der Waals surface area (Å²) in [4.78, 5) is 10.9. The largest absolute Gasteiger partial charge is 0.234 e. The fraction of sp³-hybridized carbons (Fsp3) is 0.400. The SMILES string of the molecule is O=[N+]([O-])N(CCCl)c1ccccc1CCCl. The van der Waals surface area contributed by atoms with Crippen LogP contribution in [0.25, 0.3) is 0 Å². The zero-order chi connectivity index (χ0) is 12.0. The molecule has 1 aromatic carbocycles. The Balaban J connectivity index is 3.02. The van der Waals surface area contributed by atoms with Gasteiger partial charge in [-0.25, -0.2) is 10.1 Å². The van der Waals surface area contributed by atoms with Gasteiger partial charge in [0, 0.05) is 11.8 Å². The number of rotatable bonds is 6. The molecule has 16 heavy (non-hydrogen) atoms. The molecule has 0 amide bonds. The second-order valence-electron chi connectivity index (χ2n) is 3.12. The molecule has 0 aliphatic carbocycles. The summed E-state index contributed by atoms with van der Waals surface area (Å²) in [5.41, 5.74) is 1.42. The third-order valence-electron chi connectivity index (χ3n) is 2.13. The fourth-order valence-corrected chi connectivity index (χ4v) is 1.81. The smallest absolute Gasteiger partial charge is 0.165 e. The van der Waals surface area contributed by atoms with Gasteiger partial charge < -0.3 is 0 Å². The minimum Gasteiger partial charge on any atom is -0.234 e. The molecule has 0 aliphatic heterocycles. The molecule has 0 spiro atoms. The summed E-state index contributed by atoms with van der Waals surface area (Å²) in [5, 5.41) is 11.5. The first-order valence-corrected chi connectivity index (χ1v) is 5.89. The van der Waals surface area contributed by atoms with Gasteiger partial charge in [0.1, 0.15) is 5.69 Å². The van der Waals surface area contributed by atoms with E-state index in [0.29, 0.717) is 18.0 Å². The molecule has 0 bridgehead atoms. The Kier molecular flexibility index (Phi) is 5.35. The molecular formula is C10H12Cl2N2O2. The molecule has 0 aliphatic rings. The van der Waals surface area contributed by atoms with Crippen molar-refractivity contribution >= 4 is 28.9 Å². The predicted molar refractivity (Wildman–Crippen MR) is 65.9 cm³/mol. The third kappa shape index (κ3) is 3.25. The maximum absolute atomic E-state index is 10.9. The normalized spacial score (nSPS) is 10.1. The molecule has 88 valence electrons. The highest BCUT2D eigenvalue weighted by Crippen LogP contribution is 2.21. The minimum absolute atomic E-state index is 0.174. The summed E-state index contributed by atoms with van der Waals surface area (Å²) in [5.74, 6) is 0.639. The van der Waals surface area contributed by atoms with Gasteiger partial charge in [-0.3, -0.25) is 0 Å². The molecule has 4 nitrogen and oxygen atoms in total. The second kappa shape index (κ2) is 6.55. The van der Waals surface area contributed by atoms with Gasteiger partial charge in [0.25, 0.3) is 0 Å². The molecule has 1 aromatic rings. The van der Waals surface area contributed by atoms with Gasteiger partial charge in [-0.05, 0) is 18.1 Å². The van der Waals surface area contributed by atoms with E-state index in [9.17, 15) is 10.1 Å². The zero-order valence-corrected chi connectivity index (χ0v) is 10.1. The quantitative estimate of drug-likeness (QED) is 0.450. The standard InChI is InChI=1S/C10H12Cl2N2O2/c11-6-5-9-3-1-2-4-10(9)13(8-7-12)14(15)16/h1-4H,5-8H2. The first kappa shape index (κ1) is 13.1. The van der Waals surface area contributed by atoms with Crippen molar-refractivity contribution in [2.45, 2.75) is 6.42 Å². The molecule has 6 heteroatoms. The maximum atomic E-state index is 10.9. The first-order chi connectivity index (χ1) is 7.70. The Morgan fingerprint density at radius 3 is 2.50 bits per heavy atom. The molecule has 0 atom stereocenters. The topological polar surface area (TPSA) is 46.4 Å².